The van der Waals surface area contributed by atoms with E-state index in [1.165, 1.54) is 11.3 Å². The molecule has 2 aromatic rings. The minimum Gasteiger partial charge on any atom is -0.483 e. The van der Waals surface area contributed by atoms with Crippen LogP contribution in [0.1, 0.15) is 10.6 Å². The fourth-order valence-electron chi connectivity index (χ4n) is 1.28. The van der Waals surface area contributed by atoms with Crippen LogP contribution < -0.4 is 10.1 Å². The van der Waals surface area contributed by atoms with Gasteiger partial charge in [-0.15, -0.1) is 10.2 Å². The zero-order valence-electron chi connectivity index (χ0n) is 9.53. The number of benzene rings is 1. The first-order valence-electron chi connectivity index (χ1n) is 5.08. The molecule has 0 bridgehead atoms. The lowest BCUT2D eigenvalue weighted by Gasteiger charge is -2.06. The first kappa shape index (κ1) is 11.8. The van der Waals surface area contributed by atoms with Crippen molar-refractivity contribution in [2.45, 2.75) is 13.5 Å². The van der Waals surface area contributed by atoms with Gasteiger partial charge in [-0.1, -0.05) is 23.5 Å². The van der Waals surface area contributed by atoms with Gasteiger partial charge < -0.3 is 10.1 Å². The van der Waals surface area contributed by atoms with Crippen LogP contribution in [0, 0.1) is 12.7 Å². The summed E-state index contributed by atoms with van der Waals surface area (Å²) in [5, 5.41) is 12.1. The number of halogens is 1. The summed E-state index contributed by atoms with van der Waals surface area (Å²) < 4.78 is 19.0. The van der Waals surface area contributed by atoms with E-state index in [0.717, 1.165) is 0 Å². The molecular formula is C11H12FN3OS. The number of rotatable bonds is 4. The Morgan fingerprint density at radius 3 is 2.94 bits per heavy atom. The van der Waals surface area contributed by atoms with Gasteiger partial charge in [0.2, 0.25) is 5.13 Å². The molecule has 0 aliphatic heterocycles. The van der Waals surface area contributed by atoms with Crippen molar-refractivity contribution < 1.29 is 9.13 Å². The minimum atomic E-state index is -0.328. The molecule has 1 N–H and O–H groups in total. The van der Waals surface area contributed by atoms with E-state index in [1.54, 1.807) is 32.2 Å². The van der Waals surface area contributed by atoms with E-state index >= 15 is 0 Å². The number of ether oxygens (including phenoxy) is 1. The summed E-state index contributed by atoms with van der Waals surface area (Å²) in [6, 6.07) is 5.06. The lowest BCUT2D eigenvalue weighted by Crippen LogP contribution is -1.98. The zero-order chi connectivity index (χ0) is 12.3. The van der Waals surface area contributed by atoms with Crippen LogP contribution >= 0.6 is 11.3 Å². The van der Waals surface area contributed by atoms with Crippen molar-refractivity contribution in [1.82, 2.24) is 10.2 Å². The number of nitrogens with zero attached hydrogens (tertiary/aromatic N) is 2. The van der Waals surface area contributed by atoms with Crippen molar-refractivity contribution in [1.29, 1.82) is 0 Å². The molecule has 0 atom stereocenters. The highest BCUT2D eigenvalue weighted by atomic mass is 32.1. The van der Waals surface area contributed by atoms with Gasteiger partial charge in [-0.2, -0.15) is 0 Å². The second-order valence-electron chi connectivity index (χ2n) is 3.43. The molecule has 0 amide bonds. The average Bonchev–Trinajstić information content (AvgIpc) is 2.79. The Hall–Kier alpha value is -1.69. The highest BCUT2D eigenvalue weighted by Crippen LogP contribution is 2.22. The molecule has 0 saturated heterocycles. The Bertz CT molecular complexity index is 515. The first-order chi connectivity index (χ1) is 8.20. The van der Waals surface area contributed by atoms with E-state index < -0.39 is 0 Å². The normalized spacial score (nSPS) is 10.3. The van der Waals surface area contributed by atoms with Crippen molar-refractivity contribution in [3.63, 3.8) is 0 Å². The van der Waals surface area contributed by atoms with Gasteiger partial charge in [-0.25, -0.2) is 4.39 Å². The number of aromatic nitrogens is 2. The second kappa shape index (κ2) is 5.09. The van der Waals surface area contributed by atoms with Crippen LogP contribution in [0.4, 0.5) is 9.52 Å². The van der Waals surface area contributed by atoms with Gasteiger partial charge in [-0.05, 0) is 18.6 Å². The van der Waals surface area contributed by atoms with E-state index in [9.17, 15) is 4.39 Å². The second-order valence-corrected chi connectivity index (χ2v) is 4.49. The van der Waals surface area contributed by atoms with Gasteiger partial charge in [-0.3, -0.25) is 0 Å². The molecular weight excluding hydrogens is 241 g/mol. The van der Waals surface area contributed by atoms with Crippen LogP contribution in [-0.2, 0) is 6.61 Å². The molecule has 1 aromatic heterocycles. The molecule has 4 nitrogen and oxygen atoms in total. The molecule has 17 heavy (non-hydrogen) atoms. The summed E-state index contributed by atoms with van der Waals surface area (Å²) in [6.45, 7) is 1.92. The SMILES string of the molecule is CNc1nnc(COc2cccc(C)c2F)s1. The molecule has 0 spiro atoms. The Labute approximate surface area is 102 Å². The Balaban J connectivity index is 2.04. The van der Waals surface area contributed by atoms with Crippen molar-refractivity contribution in [3.05, 3.63) is 34.6 Å². The lowest BCUT2D eigenvalue weighted by atomic mass is 10.2. The Morgan fingerprint density at radius 1 is 1.41 bits per heavy atom. The van der Waals surface area contributed by atoms with Gasteiger partial charge in [0.1, 0.15) is 6.61 Å². The van der Waals surface area contributed by atoms with Crippen LogP contribution in [0.15, 0.2) is 18.2 Å². The highest BCUT2D eigenvalue weighted by molar-refractivity contribution is 7.15. The first-order valence-corrected chi connectivity index (χ1v) is 5.90. The van der Waals surface area contributed by atoms with Gasteiger partial charge in [0.05, 0.1) is 0 Å². The quantitative estimate of drug-likeness (QED) is 0.909. The average molecular weight is 253 g/mol. The summed E-state index contributed by atoms with van der Waals surface area (Å²) in [6.07, 6.45) is 0. The smallest absolute Gasteiger partial charge is 0.205 e. The third-order valence-electron chi connectivity index (χ3n) is 2.19. The van der Waals surface area contributed by atoms with E-state index in [0.29, 0.717) is 15.7 Å². The van der Waals surface area contributed by atoms with Crippen LogP contribution in [-0.4, -0.2) is 17.2 Å². The molecule has 1 aromatic carbocycles. The van der Waals surface area contributed by atoms with E-state index in [1.807, 2.05) is 0 Å². The number of hydrogen-bond acceptors (Lipinski definition) is 5. The summed E-state index contributed by atoms with van der Waals surface area (Å²) in [5.74, 6) is -0.0861. The molecule has 0 aliphatic carbocycles. The van der Waals surface area contributed by atoms with Crippen LogP contribution in [0.3, 0.4) is 0 Å². The molecule has 0 unspecified atom stereocenters. The predicted octanol–water partition coefficient (Wildman–Crippen LogP) is 2.61. The lowest BCUT2D eigenvalue weighted by molar-refractivity contribution is 0.288. The predicted molar refractivity (Wildman–Crippen MR) is 64.9 cm³/mol. The molecule has 90 valence electrons. The Kier molecular flexibility index (Phi) is 3.53. The summed E-state index contributed by atoms with van der Waals surface area (Å²) in [7, 11) is 1.77. The molecule has 1 heterocycles. The van der Waals surface area contributed by atoms with Gasteiger partial charge in [0, 0.05) is 7.05 Å². The largest absolute Gasteiger partial charge is 0.483 e. The van der Waals surface area contributed by atoms with E-state index in [2.05, 4.69) is 15.5 Å². The maximum absolute atomic E-state index is 13.6. The third kappa shape index (κ3) is 2.71. The van der Waals surface area contributed by atoms with Crippen molar-refractivity contribution in [2.24, 2.45) is 0 Å². The standard InChI is InChI=1S/C11H12FN3OS/c1-7-4-3-5-8(10(7)12)16-6-9-14-15-11(13-2)17-9/h3-5H,6H2,1-2H3,(H,13,15). The summed E-state index contributed by atoms with van der Waals surface area (Å²) in [5.41, 5.74) is 0.565. The minimum absolute atomic E-state index is 0.222. The number of aryl methyl sites for hydroxylation is 1. The molecule has 6 heteroatoms. The molecule has 0 fully saturated rings. The topological polar surface area (TPSA) is 47.0 Å². The fourth-order valence-corrected chi connectivity index (χ4v) is 1.89. The summed E-state index contributed by atoms with van der Waals surface area (Å²) in [4.78, 5) is 0. The fraction of sp³-hybridized carbons (Fsp3) is 0.273. The summed E-state index contributed by atoms with van der Waals surface area (Å²) >= 11 is 1.38. The third-order valence-corrected chi connectivity index (χ3v) is 3.10. The maximum atomic E-state index is 13.6. The highest BCUT2D eigenvalue weighted by Gasteiger charge is 2.08. The van der Waals surface area contributed by atoms with E-state index in [-0.39, 0.29) is 18.2 Å². The van der Waals surface area contributed by atoms with Crippen LogP contribution in [0.25, 0.3) is 0 Å². The van der Waals surface area contributed by atoms with Crippen molar-refractivity contribution in [2.75, 3.05) is 12.4 Å². The van der Waals surface area contributed by atoms with Gasteiger partial charge in [0.25, 0.3) is 0 Å². The van der Waals surface area contributed by atoms with E-state index in [4.69, 9.17) is 4.74 Å². The van der Waals surface area contributed by atoms with Gasteiger partial charge >= 0.3 is 0 Å². The Morgan fingerprint density at radius 2 is 2.24 bits per heavy atom. The molecule has 0 saturated carbocycles. The zero-order valence-corrected chi connectivity index (χ0v) is 10.3. The number of anilines is 1. The number of hydrogen-bond donors (Lipinski definition) is 1. The maximum Gasteiger partial charge on any atom is 0.205 e. The van der Waals surface area contributed by atoms with Crippen molar-refractivity contribution in [3.8, 4) is 5.75 Å². The molecule has 0 aliphatic rings. The van der Waals surface area contributed by atoms with Crippen LogP contribution in [0.5, 0.6) is 5.75 Å². The molecule has 0 radical (unpaired) electrons. The molecule has 2 rings (SSSR count). The van der Waals surface area contributed by atoms with Gasteiger partial charge in [0.15, 0.2) is 16.6 Å². The monoisotopic (exact) mass is 253 g/mol. The van der Waals surface area contributed by atoms with Crippen LogP contribution in [0.2, 0.25) is 0 Å². The van der Waals surface area contributed by atoms with Crippen molar-refractivity contribution >= 4 is 16.5 Å². The number of nitrogens with one attached hydrogen (secondary N) is 1.